The zero-order valence-corrected chi connectivity index (χ0v) is 31.1. The molecule has 4 bridgehead atoms. The third-order valence-corrected chi connectivity index (χ3v) is 12.0. The second kappa shape index (κ2) is 14.5. The average Bonchev–Trinajstić information content (AvgIpc) is 3.62. The molecule has 1 amide bonds. The number of likely N-dealkylation sites (N-methyl/N-ethyl adjacent to an activating group) is 1. The normalized spacial score (nSPS) is 26.8. The van der Waals surface area contributed by atoms with E-state index in [1.54, 1.807) is 13.2 Å². The number of benzene rings is 2. The van der Waals surface area contributed by atoms with Gasteiger partial charge < -0.3 is 38.5 Å². The molecule has 2 saturated heterocycles. The molecule has 280 valence electrons. The van der Waals surface area contributed by atoms with Gasteiger partial charge in [-0.15, -0.1) is 11.8 Å². The number of amides is 1. The highest BCUT2D eigenvalue weighted by Crippen LogP contribution is 2.64. The minimum atomic E-state index is -1.09. The second-order valence-corrected chi connectivity index (χ2v) is 14.7. The van der Waals surface area contributed by atoms with Crippen LogP contribution in [0.3, 0.4) is 0 Å². The number of rotatable bonds is 8. The van der Waals surface area contributed by atoms with E-state index in [-0.39, 0.29) is 38.4 Å². The van der Waals surface area contributed by atoms with Gasteiger partial charge in [-0.25, -0.2) is 9.59 Å². The topological polar surface area (TPSA) is 158 Å². The Morgan fingerprint density at radius 3 is 2.55 bits per heavy atom. The van der Waals surface area contributed by atoms with Crippen LogP contribution in [-0.2, 0) is 25.5 Å². The van der Waals surface area contributed by atoms with E-state index in [0.29, 0.717) is 51.9 Å². The number of alkyl carbamates (subject to hydrolysis) is 1. The first-order valence-corrected chi connectivity index (χ1v) is 18.4. The first-order valence-electron chi connectivity index (χ1n) is 17.4. The third kappa shape index (κ3) is 5.93. The van der Waals surface area contributed by atoms with Gasteiger partial charge in [-0.05, 0) is 38.4 Å². The smallest absolute Gasteiger partial charge is 0.408 e. The lowest BCUT2D eigenvalue weighted by Gasteiger charge is -2.61. The lowest BCUT2D eigenvalue weighted by Crippen LogP contribution is -2.69. The Morgan fingerprint density at radius 1 is 1.09 bits per heavy atom. The Hall–Kier alpha value is -4.91. The number of carbonyl (C=O) groups is 3. The number of hydrogen-bond donors (Lipinski definition) is 1. The van der Waals surface area contributed by atoms with Crippen LogP contribution in [0.1, 0.15) is 57.6 Å². The predicted molar refractivity (Wildman–Crippen MR) is 192 cm³/mol. The Morgan fingerprint density at radius 2 is 1.85 bits per heavy atom. The molecule has 6 heterocycles. The van der Waals surface area contributed by atoms with E-state index in [0.717, 1.165) is 16.7 Å². The van der Waals surface area contributed by atoms with E-state index in [9.17, 15) is 19.6 Å². The van der Waals surface area contributed by atoms with Gasteiger partial charge in [0.25, 0.3) is 0 Å². The zero-order chi connectivity index (χ0) is 37.7. The summed E-state index contributed by atoms with van der Waals surface area (Å²) in [6.45, 7) is 12.5. The molecule has 2 aromatic carbocycles. The van der Waals surface area contributed by atoms with Crippen LogP contribution >= 0.6 is 11.8 Å². The van der Waals surface area contributed by atoms with Crippen LogP contribution in [0.5, 0.6) is 28.7 Å². The molecular formula is C38H42N4O10S. The average molecular weight is 747 g/mol. The van der Waals surface area contributed by atoms with Crippen molar-refractivity contribution in [1.29, 1.82) is 5.26 Å². The molecule has 1 N–H and O–H groups in total. The maximum atomic E-state index is 13.7. The fourth-order valence-corrected chi connectivity index (χ4v) is 10.2. The predicted octanol–water partition coefficient (Wildman–Crippen LogP) is 4.37. The molecule has 6 aliphatic rings. The summed E-state index contributed by atoms with van der Waals surface area (Å²) in [4.78, 5) is 43.7. The van der Waals surface area contributed by atoms with Crippen LogP contribution in [-0.4, -0.2) is 98.5 Å². The standard InChI is InChI=1S/C38H42N4O10S/c1-8-10-47-34-26-21(12-18(3)31(34)46-7)13-23-24(14-39)42-25-15-49-37(44)22(40-38(45)48-11-9-2)16-53-36(30(42)29(26)41(23)6)28-27(25)35-33(50-17-51-35)19(4)32(28)52-20(5)43/h8-9,12,22-25,29-30,36H,1-2,10-11,13,15-17H2,3-7H3,(H,40,45)/t22-,23-,24-,25-,29+,30+,36?/m0/s1. The Bertz CT molecular complexity index is 1930. The lowest BCUT2D eigenvalue weighted by atomic mass is 9.71. The maximum absolute atomic E-state index is 13.7. The maximum Gasteiger partial charge on any atom is 0.408 e. The van der Waals surface area contributed by atoms with Crippen LogP contribution < -0.4 is 29.0 Å². The summed E-state index contributed by atoms with van der Waals surface area (Å²) in [5.41, 5.74) is 4.73. The summed E-state index contributed by atoms with van der Waals surface area (Å²) in [5.74, 6) is 1.25. The van der Waals surface area contributed by atoms with Gasteiger partial charge in [0.05, 0.1) is 30.5 Å². The molecule has 14 nitrogen and oxygen atoms in total. The van der Waals surface area contributed by atoms with Gasteiger partial charge in [-0.3, -0.25) is 14.6 Å². The number of esters is 2. The molecule has 6 aliphatic heterocycles. The van der Waals surface area contributed by atoms with Crippen molar-refractivity contribution in [2.24, 2.45) is 0 Å². The van der Waals surface area contributed by atoms with E-state index < -0.39 is 53.5 Å². The monoisotopic (exact) mass is 746 g/mol. The molecule has 0 radical (unpaired) electrons. The fraction of sp³-hybridized carbons (Fsp3) is 0.474. The highest BCUT2D eigenvalue weighted by Gasteiger charge is 2.61. The molecule has 0 aromatic heterocycles. The number of nitriles is 1. The highest BCUT2D eigenvalue weighted by molar-refractivity contribution is 7.99. The Kier molecular flexibility index (Phi) is 9.96. The molecule has 7 atom stereocenters. The quantitative estimate of drug-likeness (QED) is 0.231. The second-order valence-electron chi connectivity index (χ2n) is 13.5. The van der Waals surface area contributed by atoms with E-state index in [2.05, 4.69) is 40.4 Å². The molecule has 1 unspecified atom stereocenters. The van der Waals surface area contributed by atoms with Crippen molar-refractivity contribution in [2.75, 3.05) is 46.5 Å². The molecule has 2 fully saturated rings. The van der Waals surface area contributed by atoms with Gasteiger partial charge in [0.1, 0.15) is 37.7 Å². The molecule has 0 spiro atoms. The van der Waals surface area contributed by atoms with Gasteiger partial charge in [0.15, 0.2) is 23.0 Å². The summed E-state index contributed by atoms with van der Waals surface area (Å²) in [6.07, 6.45) is 2.85. The van der Waals surface area contributed by atoms with E-state index >= 15 is 0 Å². The van der Waals surface area contributed by atoms with Gasteiger partial charge >= 0.3 is 18.0 Å². The van der Waals surface area contributed by atoms with Crippen LogP contribution in [0, 0.1) is 25.2 Å². The number of nitrogens with one attached hydrogen (secondary N) is 1. The fourth-order valence-electron chi connectivity index (χ4n) is 8.65. The summed E-state index contributed by atoms with van der Waals surface area (Å²) >= 11 is 1.38. The summed E-state index contributed by atoms with van der Waals surface area (Å²) in [5, 5.41) is 13.2. The largest absolute Gasteiger partial charge is 0.493 e. The highest BCUT2D eigenvalue weighted by atomic mass is 32.2. The minimum absolute atomic E-state index is 0.0443. The van der Waals surface area contributed by atoms with Crippen LogP contribution in [0.4, 0.5) is 4.79 Å². The molecule has 0 aliphatic carbocycles. The molecule has 8 rings (SSSR count). The van der Waals surface area contributed by atoms with Gasteiger partial charge in [0.2, 0.25) is 6.79 Å². The van der Waals surface area contributed by atoms with Crippen molar-refractivity contribution < 1.29 is 47.5 Å². The van der Waals surface area contributed by atoms with Crippen molar-refractivity contribution in [3.05, 3.63) is 64.8 Å². The van der Waals surface area contributed by atoms with Gasteiger partial charge in [-0.1, -0.05) is 31.4 Å². The molecular weight excluding hydrogens is 705 g/mol. The SMILES string of the molecule is C=CCOC(=O)N[C@H]1CSC2c3c(OC(C)=O)c(C)c4c(c3[C@H](COC1=O)N1[C@@H](C#N)[C@@H]3Cc5cc(C)c(OC)c(OCC=C)c5[C@H]([C@H]21)N3C)OCO4. The van der Waals surface area contributed by atoms with E-state index in [4.69, 9.17) is 33.2 Å². The number of hydrogen-bond acceptors (Lipinski definition) is 14. The number of ether oxygens (including phenoxy) is 7. The number of nitrogens with zero attached hydrogens (tertiary/aromatic N) is 3. The van der Waals surface area contributed by atoms with Gasteiger partial charge in [-0.2, -0.15) is 5.26 Å². The summed E-state index contributed by atoms with van der Waals surface area (Å²) < 4.78 is 41.8. The number of thioether (sulfide) groups is 1. The van der Waals surface area contributed by atoms with Crippen molar-refractivity contribution in [3.8, 4) is 34.8 Å². The Balaban J connectivity index is 1.50. The van der Waals surface area contributed by atoms with Crippen molar-refractivity contribution in [2.45, 2.75) is 68.7 Å². The minimum Gasteiger partial charge on any atom is -0.493 e. The molecule has 15 heteroatoms. The zero-order valence-electron chi connectivity index (χ0n) is 30.3. The number of aryl methyl sites for hydroxylation is 1. The Labute approximate surface area is 311 Å². The number of fused-ring (bicyclic) bond motifs is 10. The molecule has 2 aromatic rings. The van der Waals surface area contributed by atoms with Crippen molar-refractivity contribution in [3.63, 3.8) is 0 Å². The first-order chi connectivity index (χ1) is 25.6. The molecule has 53 heavy (non-hydrogen) atoms. The summed E-state index contributed by atoms with van der Waals surface area (Å²) in [6, 6.07) is 1.06. The van der Waals surface area contributed by atoms with Crippen LogP contribution in [0.15, 0.2) is 31.4 Å². The number of methoxy groups -OCH3 is 1. The first kappa shape index (κ1) is 36.4. The number of piperazine rings is 1. The molecule has 0 saturated carbocycles. The van der Waals surface area contributed by atoms with Crippen LogP contribution in [0.2, 0.25) is 0 Å². The van der Waals surface area contributed by atoms with Crippen molar-refractivity contribution in [1.82, 2.24) is 15.1 Å². The van der Waals surface area contributed by atoms with Gasteiger partial charge in [0, 0.05) is 47.0 Å². The number of carbonyl (C=O) groups excluding carboxylic acids is 3. The third-order valence-electron chi connectivity index (χ3n) is 10.6. The lowest BCUT2D eigenvalue weighted by molar-refractivity contribution is -0.151. The van der Waals surface area contributed by atoms with E-state index in [1.807, 2.05) is 20.9 Å². The van der Waals surface area contributed by atoms with Crippen LogP contribution in [0.25, 0.3) is 0 Å². The summed E-state index contributed by atoms with van der Waals surface area (Å²) in [7, 11) is 3.62. The van der Waals surface area contributed by atoms with E-state index in [1.165, 1.54) is 24.8 Å². The van der Waals surface area contributed by atoms with Crippen molar-refractivity contribution >= 4 is 29.8 Å².